The highest BCUT2D eigenvalue weighted by Crippen LogP contribution is 2.33. The van der Waals surface area contributed by atoms with Crippen LogP contribution in [0.4, 0.5) is 0 Å². The van der Waals surface area contributed by atoms with Crippen LogP contribution in [0.5, 0.6) is 11.5 Å². The molecule has 0 unspecified atom stereocenters. The molecule has 5 heteroatoms. The van der Waals surface area contributed by atoms with Crippen molar-refractivity contribution in [3.63, 3.8) is 0 Å². The zero-order valence-electron chi connectivity index (χ0n) is 11.3. The van der Waals surface area contributed by atoms with Crippen molar-refractivity contribution in [3.8, 4) is 11.5 Å². The van der Waals surface area contributed by atoms with Crippen LogP contribution < -0.4 is 10.1 Å². The molecule has 21 heavy (non-hydrogen) atoms. The predicted molar refractivity (Wildman–Crippen MR) is 87.0 cm³/mol. The first-order valence-electron chi connectivity index (χ1n) is 6.76. The minimum atomic E-state index is 0.141. The lowest BCUT2D eigenvalue weighted by Gasteiger charge is -2.11. The van der Waals surface area contributed by atoms with Crippen molar-refractivity contribution in [2.24, 2.45) is 0 Å². The molecule has 2 aromatic carbocycles. The van der Waals surface area contributed by atoms with E-state index in [1.54, 1.807) is 6.07 Å². The van der Waals surface area contributed by atoms with Gasteiger partial charge in [-0.3, -0.25) is 0 Å². The second kappa shape index (κ2) is 6.26. The summed E-state index contributed by atoms with van der Waals surface area (Å²) in [4.78, 5) is 0. The van der Waals surface area contributed by atoms with E-state index < -0.39 is 0 Å². The van der Waals surface area contributed by atoms with Gasteiger partial charge < -0.3 is 15.2 Å². The first-order chi connectivity index (χ1) is 10.1. The molecule has 1 aliphatic heterocycles. The van der Waals surface area contributed by atoms with Gasteiger partial charge in [0.15, 0.2) is 0 Å². The molecule has 3 rings (SSSR count). The van der Waals surface area contributed by atoms with E-state index in [9.17, 15) is 5.11 Å². The quantitative estimate of drug-likeness (QED) is 0.856. The molecule has 2 N–H and O–H groups in total. The lowest BCUT2D eigenvalue weighted by atomic mass is 10.1. The van der Waals surface area contributed by atoms with E-state index >= 15 is 0 Å². The fourth-order valence-electron chi connectivity index (χ4n) is 2.51. The SMILES string of the molecule is Oc1c(Cl)cccc1CNCc1cc(Br)cc2c1OCC2. The second-order valence-corrected chi connectivity index (χ2v) is 6.33. The normalized spacial score (nSPS) is 13.0. The summed E-state index contributed by atoms with van der Waals surface area (Å²) >= 11 is 9.44. The Morgan fingerprint density at radius 3 is 2.90 bits per heavy atom. The van der Waals surface area contributed by atoms with Crippen LogP contribution in [0, 0.1) is 0 Å². The summed E-state index contributed by atoms with van der Waals surface area (Å²) in [6, 6.07) is 9.54. The maximum atomic E-state index is 9.89. The average molecular weight is 369 g/mol. The molecule has 0 atom stereocenters. The third-order valence-electron chi connectivity index (χ3n) is 3.53. The average Bonchev–Trinajstić information content (AvgIpc) is 2.91. The van der Waals surface area contributed by atoms with Crippen LogP contribution in [-0.2, 0) is 19.5 Å². The molecule has 1 aliphatic rings. The number of phenolic OH excluding ortho intramolecular Hbond substituents is 1. The molecule has 0 saturated heterocycles. The number of hydrogen-bond acceptors (Lipinski definition) is 3. The highest BCUT2D eigenvalue weighted by molar-refractivity contribution is 9.10. The molecule has 110 valence electrons. The predicted octanol–water partition coefficient (Wildman–Crippen LogP) is 4.03. The fraction of sp³-hybridized carbons (Fsp3) is 0.250. The number of para-hydroxylation sites is 1. The monoisotopic (exact) mass is 367 g/mol. The lowest BCUT2D eigenvalue weighted by Crippen LogP contribution is -2.13. The number of fused-ring (bicyclic) bond motifs is 1. The third kappa shape index (κ3) is 3.18. The van der Waals surface area contributed by atoms with Crippen molar-refractivity contribution >= 4 is 27.5 Å². The van der Waals surface area contributed by atoms with E-state index in [0.717, 1.165) is 34.4 Å². The second-order valence-electron chi connectivity index (χ2n) is 5.00. The molecule has 0 fully saturated rings. The van der Waals surface area contributed by atoms with Crippen molar-refractivity contribution in [1.82, 2.24) is 5.32 Å². The van der Waals surface area contributed by atoms with Crippen LogP contribution in [0.2, 0.25) is 5.02 Å². The Morgan fingerprint density at radius 2 is 2.05 bits per heavy atom. The summed E-state index contributed by atoms with van der Waals surface area (Å²) in [6.45, 7) is 1.97. The number of benzene rings is 2. The topological polar surface area (TPSA) is 41.5 Å². The summed E-state index contributed by atoms with van der Waals surface area (Å²) in [5.74, 6) is 1.13. The van der Waals surface area contributed by atoms with Gasteiger partial charge in [-0.25, -0.2) is 0 Å². The minimum Gasteiger partial charge on any atom is -0.506 e. The van der Waals surface area contributed by atoms with Gasteiger partial charge in [-0.15, -0.1) is 0 Å². The maximum Gasteiger partial charge on any atom is 0.138 e. The number of phenols is 1. The van der Waals surface area contributed by atoms with Gasteiger partial charge in [0.25, 0.3) is 0 Å². The van der Waals surface area contributed by atoms with Crippen LogP contribution >= 0.6 is 27.5 Å². The number of nitrogens with one attached hydrogen (secondary N) is 1. The Labute approximate surface area is 137 Å². The van der Waals surface area contributed by atoms with Gasteiger partial charge in [0, 0.05) is 35.1 Å². The Morgan fingerprint density at radius 1 is 1.24 bits per heavy atom. The van der Waals surface area contributed by atoms with Crippen LogP contribution in [0.25, 0.3) is 0 Å². The van der Waals surface area contributed by atoms with E-state index in [1.807, 2.05) is 12.1 Å². The number of rotatable bonds is 4. The number of ether oxygens (including phenoxy) is 1. The van der Waals surface area contributed by atoms with E-state index in [1.165, 1.54) is 5.56 Å². The lowest BCUT2D eigenvalue weighted by molar-refractivity contribution is 0.352. The van der Waals surface area contributed by atoms with Crippen LogP contribution in [0.3, 0.4) is 0 Å². The Bertz CT molecular complexity index is 676. The van der Waals surface area contributed by atoms with Crippen molar-refractivity contribution in [1.29, 1.82) is 0 Å². The highest BCUT2D eigenvalue weighted by Gasteiger charge is 2.17. The third-order valence-corrected chi connectivity index (χ3v) is 4.29. The Hall–Kier alpha value is -1.23. The Balaban J connectivity index is 1.70. The van der Waals surface area contributed by atoms with Gasteiger partial charge in [-0.05, 0) is 23.8 Å². The van der Waals surface area contributed by atoms with Gasteiger partial charge in [-0.1, -0.05) is 39.7 Å². The van der Waals surface area contributed by atoms with Crippen molar-refractivity contribution in [2.75, 3.05) is 6.61 Å². The molecule has 0 spiro atoms. The number of halogens is 2. The van der Waals surface area contributed by atoms with Crippen molar-refractivity contribution < 1.29 is 9.84 Å². The first-order valence-corrected chi connectivity index (χ1v) is 7.93. The van der Waals surface area contributed by atoms with Crippen molar-refractivity contribution in [3.05, 3.63) is 56.5 Å². The van der Waals surface area contributed by atoms with Gasteiger partial charge >= 0.3 is 0 Å². The van der Waals surface area contributed by atoms with E-state index in [0.29, 0.717) is 18.1 Å². The van der Waals surface area contributed by atoms with Gasteiger partial charge in [-0.2, -0.15) is 0 Å². The molecule has 0 amide bonds. The Kier molecular flexibility index (Phi) is 4.38. The fourth-order valence-corrected chi connectivity index (χ4v) is 3.26. The van der Waals surface area contributed by atoms with Gasteiger partial charge in [0.2, 0.25) is 0 Å². The summed E-state index contributed by atoms with van der Waals surface area (Å²) in [7, 11) is 0. The van der Waals surface area contributed by atoms with Gasteiger partial charge in [0.05, 0.1) is 11.6 Å². The van der Waals surface area contributed by atoms with E-state index in [-0.39, 0.29) is 5.75 Å². The zero-order chi connectivity index (χ0) is 14.8. The van der Waals surface area contributed by atoms with Crippen molar-refractivity contribution in [2.45, 2.75) is 19.5 Å². The molecule has 3 nitrogen and oxygen atoms in total. The summed E-state index contributed by atoms with van der Waals surface area (Å²) < 4.78 is 6.76. The van der Waals surface area contributed by atoms with E-state index in [2.05, 4.69) is 33.4 Å². The highest BCUT2D eigenvalue weighted by atomic mass is 79.9. The van der Waals surface area contributed by atoms with Crippen LogP contribution in [-0.4, -0.2) is 11.7 Å². The number of hydrogen-bond donors (Lipinski definition) is 2. The molecule has 0 aliphatic carbocycles. The van der Waals surface area contributed by atoms with Crippen LogP contribution in [0.15, 0.2) is 34.8 Å². The smallest absolute Gasteiger partial charge is 0.138 e. The minimum absolute atomic E-state index is 0.141. The molecule has 1 heterocycles. The van der Waals surface area contributed by atoms with Gasteiger partial charge in [0.1, 0.15) is 11.5 Å². The summed E-state index contributed by atoms with van der Waals surface area (Å²) in [5, 5.41) is 13.6. The number of aromatic hydroxyl groups is 1. The molecular weight excluding hydrogens is 354 g/mol. The maximum absolute atomic E-state index is 9.89. The summed E-state index contributed by atoms with van der Waals surface area (Å²) in [5.41, 5.74) is 3.15. The molecule has 0 bridgehead atoms. The summed E-state index contributed by atoms with van der Waals surface area (Å²) in [6.07, 6.45) is 0.955. The molecule has 0 saturated carbocycles. The van der Waals surface area contributed by atoms with E-state index in [4.69, 9.17) is 16.3 Å². The standard InChI is InChI=1S/C16H15BrClNO2/c17-13-6-10-4-5-21-16(10)12(7-13)9-19-8-11-2-1-3-14(18)15(11)20/h1-3,6-7,19-20H,4-5,8-9H2. The zero-order valence-corrected chi connectivity index (χ0v) is 13.7. The molecular formula is C16H15BrClNO2. The largest absolute Gasteiger partial charge is 0.506 e. The van der Waals surface area contributed by atoms with Crippen LogP contribution in [0.1, 0.15) is 16.7 Å². The first kappa shape index (κ1) is 14.7. The molecule has 0 aromatic heterocycles. The molecule has 0 radical (unpaired) electrons. The molecule has 2 aromatic rings.